The standard InChI is InChI=1S/C15H13ClO3/c1-2-10-4-3-5-12(8-10)19-14-9-11(16)6-7-13(14)15(17)18/h3-9H,2H2,1H3,(H,17,18). The maximum atomic E-state index is 11.1. The van der Waals surface area contributed by atoms with Crippen LogP contribution in [0.15, 0.2) is 42.5 Å². The van der Waals surface area contributed by atoms with Crippen LogP contribution in [-0.2, 0) is 6.42 Å². The smallest absolute Gasteiger partial charge is 0.339 e. The van der Waals surface area contributed by atoms with Gasteiger partial charge in [0.1, 0.15) is 17.1 Å². The fourth-order valence-corrected chi connectivity index (χ4v) is 1.88. The van der Waals surface area contributed by atoms with Crippen LogP contribution in [0.4, 0.5) is 0 Å². The SMILES string of the molecule is CCc1cccc(Oc2cc(Cl)ccc2C(=O)O)c1. The van der Waals surface area contributed by atoms with Crippen LogP contribution < -0.4 is 4.74 Å². The van der Waals surface area contributed by atoms with Gasteiger partial charge in [-0.15, -0.1) is 0 Å². The van der Waals surface area contributed by atoms with E-state index in [9.17, 15) is 4.79 Å². The highest BCUT2D eigenvalue weighted by atomic mass is 35.5. The number of carboxylic acids is 1. The van der Waals surface area contributed by atoms with E-state index in [2.05, 4.69) is 0 Å². The average Bonchev–Trinajstić information content (AvgIpc) is 2.38. The van der Waals surface area contributed by atoms with E-state index in [4.69, 9.17) is 21.4 Å². The van der Waals surface area contributed by atoms with Crippen LogP contribution in [0.2, 0.25) is 5.02 Å². The quantitative estimate of drug-likeness (QED) is 0.901. The summed E-state index contributed by atoms with van der Waals surface area (Å²) in [5.74, 6) is -0.198. The molecule has 0 spiro atoms. The molecule has 0 heterocycles. The molecule has 0 aliphatic heterocycles. The number of ether oxygens (including phenoxy) is 1. The lowest BCUT2D eigenvalue weighted by Gasteiger charge is -2.10. The zero-order chi connectivity index (χ0) is 13.8. The number of aryl methyl sites for hydroxylation is 1. The largest absolute Gasteiger partial charge is 0.478 e. The van der Waals surface area contributed by atoms with Crippen molar-refractivity contribution in [3.05, 3.63) is 58.6 Å². The Bertz CT molecular complexity index is 608. The Kier molecular flexibility index (Phi) is 4.07. The van der Waals surface area contributed by atoms with Crippen molar-refractivity contribution in [3.63, 3.8) is 0 Å². The van der Waals surface area contributed by atoms with Gasteiger partial charge in [-0.3, -0.25) is 0 Å². The number of halogens is 1. The van der Waals surface area contributed by atoms with Crippen LogP contribution in [0.5, 0.6) is 11.5 Å². The van der Waals surface area contributed by atoms with Crippen molar-refractivity contribution in [2.45, 2.75) is 13.3 Å². The number of aromatic carboxylic acids is 1. The Labute approximate surface area is 116 Å². The highest BCUT2D eigenvalue weighted by Crippen LogP contribution is 2.29. The number of hydrogen-bond acceptors (Lipinski definition) is 2. The molecule has 2 rings (SSSR count). The van der Waals surface area contributed by atoms with Gasteiger partial charge < -0.3 is 9.84 Å². The highest BCUT2D eigenvalue weighted by molar-refractivity contribution is 6.30. The maximum Gasteiger partial charge on any atom is 0.339 e. The van der Waals surface area contributed by atoms with Gasteiger partial charge in [0.05, 0.1) is 0 Å². The van der Waals surface area contributed by atoms with Gasteiger partial charge in [-0.2, -0.15) is 0 Å². The van der Waals surface area contributed by atoms with E-state index in [-0.39, 0.29) is 11.3 Å². The summed E-state index contributed by atoms with van der Waals surface area (Å²) in [6.07, 6.45) is 0.887. The van der Waals surface area contributed by atoms with Gasteiger partial charge in [0.2, 0.25) is 0 Å². The number of carbonyl (C=O) groups is 1. The number of rotatable bonds is 4. The molecule has 19 heavy (non-hydrogen) atoms. The van der Waals surface area contributed by atoms with Gasteiger partial charge >= 0.3 is 5.97 Å². The van der Waals surface area contributed by atoms with E-state index in [1.165, 1.54) is 18.2 Å². The second-order valence-electron chi connectivity index (χ2n) is 4.05. The van der Waals surface area contributed by atoms with E-state index in [0.717, 1.165) is 12.0 Å². The minimum absolute atomic E-state index is 0.0892. The Balaban J connectivity index is 2.36. The molecule has 0 atom stereocenters. The van der Waals surface area contributed by atoms with Crippen LogP contribution >= 0.6 is 11.6 Å². The Morgan fingerprint density at radius 1 is 1.26 bits per heavy atom. The van der Waals surface area contributed by atoms with Crippen molar-refractivity contribution < 1.29 is 14.6 Å². The normalized spacial score (nSPS) is 10.2. The Hall–Kier alpha value is -2.00. The summed E-state index contributed by atoms with van der Waals surface area (Å²) in [5, 5.41) is 9.55. The van der Waals surface area contributed by atoms with Crippen LogP contribution in [-0.4, -0.2) is 11.1 Å². The lowest BCUT2D eigenvalue weighted by Crippen LogP contribution is -2.00. The summed E-state index contributed by atoms with van der Waals surface area (Å²) in [6.45, 7) is 2.04. The molecule has 2 aromatic carbocycles. The monoisotopic (exact) mass is 276 g/mol. The lowest BCUT2D eigenvalue weighted by molar-refractivity contribution is 0.0694. The molecule has 0 bridgehead atoms. The molecule has 3 nitrogen and oxygen atoms in total. The van der Waals surface area contributed by atoms with Crippen molar-refractivity contribution in [2.24, 2.45) is 0 Å². The summed E-state index contributed by atoms with van der Waals surface area (Å²) in [4.78, 5) is 11.1. The van der Waals surface area contributed by atoms with Crippen LogP contribution in [0.25, 0.3) is 0 Å². The first kappa shape index (κ1) is 13.4. The van der Waals surface area contributed by atoms with E-state index >= 15 is 0 Å². The second-order valence-corrected chi connectivity index (χ2v) is 4.49. The Morgan fingerprint density at radius 3 is 2.74 bits per heavy atom. The molecule has 98 valence electrons. The van der Waals surface area contributed by atoms with E-state index in [0.29, 0.717) is 10.8 Å². The molecule has 0 unspecified atom stereocenters. The van der Waals surface area contributed by atoms with Crippen molar-refractivity contribution in [1.29, 1.82) is 0 Å². The first-order chi connectivity index (χ1) is 9.10. The van der Waals surface area contributed by atoms with Crippen LogP contribution in [0, 0.1) is 0 Å². The zero-order valence-electron chi connectivity index (χ0n) is 10.4. The van der Waals surface area contributed by atoms with Gasteiger partial charge in [-0.05, 0) is 36.2 Å². The first-order valence-electron chi connectivity index (χ1n) is 5.90. The highest BCUT2D eigenvalue weighted by Gasteiger charge is 2.12. The third kappa shape index (κ3) is 3.26. The summed E-state index contributed by atoms with van der Waals surface area (Å²) in [7, 11) is 0. The molecule has 4 heteroatoms. The topological polar surface area (TPSA) is 46.5 Å². The molecule has 0 fully saturated rings. The molecule has 0 saturated heterocycles. The number of hydrogen-bond donors (Lipinski definition) is 1. The van der Waals surface area contributed by atoms with Gasteiger partial charge in [0, 0.05) is 11.1 Å². The molecule has 1 N–H and O–H groups in total. The van der Waals surface area contributed by atoms with E-state index < -0.39 is 5.97 Å². The molecule has 0 aromatic heterocycles. The van der Waals surface area contributed by atoms with Crippen molar-refractivity contribution >= 4 is 17.6 Å². The number of carboxylic acid groups (broad SMARTS) is 1. The summed E-state index contributed by atoms with van der Waals surface area (Å²) < 4.78 is 5.63. The summed E-state index contributed by atoms with van der Waals surface area (Å²) >= 11 is 5.87. The van der Waals surface area contributed by atoms with Crippen molar-refractivity contribution in [3.8, 4) is 11.5 Å². The second kappa shape index (κ2) is 5.76. The third-order valence-electron chi connectivity index (χ3n) is 2.71. The fraction of sp³-hybridized carbons (Fsp3) is 0.133. The van der Waals surface area contributed by atoms with Crippen LogP contribution in [0.3, 0.4) is 0 Å². The number of benzene rings is 2. The van der Waals surface area contributed by atoms with Crippen molar-refractivity contribution in [1.82, 2.24) is 0 Å². The van der Waals surface area contributed by atoms with Crippen LogP contribution in [0.1, 0.15) is 22.8 Å². The van der Waals surface area contributed by atoms with E-state index in [1.54, 1.807) is 6.07 Å². The maximum absolute atomic E-state index is 11.1. The molecule has 0 radical (unpaired) electrons. The van der Waals surface area contributed by atoms with Gasteiger partial charge in [-0.25, -0.2) is 4.79 Å². The lowest BCUT2D eigenvalue weighted by atomic mass is 10.1. The predicted octanol–water partition coefficient (Wildman–Crippen LogP) is 4.39. The predicted molar refractivity (Wildman–Crippen MR) is 74.3 cm³/mol. The van der Waals surface area contributed by atoms with E-state index in [1.807, 2.05) is 25.1 Å². The minimum atomic E-state index is -1.04. The summed E-state index contributed by atoms with van der Waals surface area (Å²) in [6, 6.07) is 12.0. The molecule has 0 aliphatic carbocycles. The van der Waals surface area contributed by atoms with Gasteiger partial charge in [0.25, 0.3) is 0 Å². The zero-order valence-corrected chi connectivity index (χ0v) is 11.1. The minimum Gasteiger partial charge on any atom is -0.478 e. The first-order valence-corrected chi connectivity index (χ1v) is 6.27. The van der Waals surface area contributed by atoms with Gasteiger partial charge in [0.15, 0.2) is 0 Å². The molecule has 0 saturated carbocycles. The molecule has 0 amide bonds. The fourth-order valence-electron chi connectivity index (χ4n) is 1.71. The summed E-state index contributed by atoms with van der Waals surface area (Å²) in [5.41, 5.74) is 1.21. The van der Waals surface area contributed by atoms with Gasteiger partial charge in [-0.1, -0.05) is 30.7 Å². The molecular formula is C15H13ClO3. The Morgan fingerprint density at radius 2 is 2.05 bits per heavy atom. The molecule has 0 aliphatic rings. The van der Waals surface area contributed by atoms with Crippen molar-refractivity contribution in [2.75, 3.05) is 0 Å². The third-order valence-corrected chi connectivity index (χ3v) is 2.94. The average molecular weight is 277 g/mol. The molecule has 2 aromatic rings. The molecular weight excluding hydrogens is 264 g/mol.